The van der Waals surface area contributed by atoms with Gasteiger partial charge >= 0.3 is 7.12 Å². The molecule has 3 nitrogen and oxygen atoms in total. The van der Waals surface area contributed by atoms with Crippen molar-refractivity contribution in [1.82, 2.24) is 0 Å². The topological polar surface area (TPSA) is 49.7 Å². The highest BCUT2D eigenvalue weighted by Gasteiger charge is 2.17. The van der Waals surface area contributed by atoms with Gasteiger partial charge in [0, 0.05) is 5.46 Å². The summed E-state index contributed by atoms with van der Waals surface area (Å²) in [4.78, 5) is 0. The van der Waals surface area contributed by atoms with Gasteiger partial charge in [0.15, 0.2) is 17.4 Å². The summed E-state index contributed by atoms with van der Waals surface area (Å²) < 4.78 is 44.9. The van der Waals surface area contributed by atoms with Gasteiger partial charge in [0.05, 0.1) is 0 Å². The first-order chi connectivity index (χ1) is 9.49. The highest BCUT2D eigenvalue weighted by molar-refractivity contribution is 6.58. The van der Waals surface area contributed by atoms with Crippen molar-refractivity contribution in [2.24, 2.45) is 0 Å². The number of halogens is 3. The summed E-state index contributed by atoms with van der Waals surface area (Å²) in [5, 5.41) is 17.9. The van der Waals surface area contributed by atoms with E-state index < -0.39 is 30.3 Å². The molecule has 0 fully saturated rings. The number of hydrogen-bond acceptors (Lipinski definition) is 3. The second-order valence-electron chi connectivity index (χ2n) is 4.07. The number of ether oxygens (including phenoxy) is 1. The maximum absolute atomic E-state index is 13.3. The molecule has 2 aromatic rings. The Labute approximate surface area is 113 Å². The second kappa shape index (κ2) is 5.98. The molecule has 104 valence electrons. The zero-order valence-corrected chi connectivity index (χ0v) is 10.2. The summed E-state index contributed by atoms with van der Waals surface area (Å²) in [5.41, 5.74) is 0.0114. The van der Waals surface area contributed by atoms with Gasteiger partial charge in [-0.25, -0.2) is 13.2 Å². The molecule has 0 saturated carbocycles. The lowest BCUT2D eigenvalue weighted by atomic mass is 9.79. The molecule has 0 aromatic heterocycles. The van der Waals surface area contributed by atoms with Crippen molar-refractivity contribution >= 4 is 12.6 Å². The highest BCUT2D eigenvalue weighted by atomic mass is 19.1. The predicted octanol–water partition coefficient (Wildman–Crippen LogP) is 1.36. The number of benzene rings is 2. The Balaban J connectivity index is 2.17. The van der Waals surface area contributed by atoms with E-state index in [2.05, 4.69) is 0 Å². The van der Waals surface area contributed by atoms with Crippen LogP contribution in [-0.2, 0) is 6.61 Å². The Morgan fingerprint density at radius 2 is 1.60 bits per heavy atom. The van der Waals surface area contributed by atoms with Gasteiger partial charge in [-0.05, 0) is 23.8 Å². The summed E-state index contributed by atoms with van der Waals surface area (Å²) in [6.45, 7) is -0.238. The molecule has 2 rings (SSSR count). The Hall–Kier alpha value is -1.99. The first-order valence-corrected chi connectivity index (χ1v) is 5.70. The van der Waals surface area contributed by atoms with Crippen LogP contribution in [0.5, 0.6) is 5.75 Å². The smallest absolute Gasteiger partial charge is 0.483 e. The lowest BCUT2D eigenvalue weighted by Crippen LogP contribution is -2.33. The minimum atomic E-state index is -1.97. The molecule has 0 unspecified atom stereocenters. The minimum Gasteiger partial charge on any atom is -0.483 e. The van der Waals surface area contributed by atoms with Gasteiger partial charge in [-0.1, -0.05) is 18.2 Å². The zero-order chi connectivity index (χ0) is 14.7. The molecule has 0 bridgehead atoms. The van der Waals surface area contributed by atoms with Crippen LogP contribution < -0.4 is 10.2 Å². The maximum Gasteiger partial charge on any atom is 0.491 e. The molecule has 0 amide bonds. The third-order valence-corrected chi connectivity index (χ3v) is 2.64. The average molecular weight is 282 g/mol. The fourth-order valence-corrected chi connectivity index (χ4v) is 1.66. The van der Waals surface area contributed by atoms with Crippen LogP contribution in [0.15, 0.2) is 36.4 Å². The van der Waals surface area contributed by atoms with Crippen LogP contribution in [0, 0.1) is 17.5 Å². The van der Waals surface area contributed by atoms with Crippen LogP contribution in [0.25, 0.3) is 0 Å². The van der Waals surface area contributed by atoms with Gasteiger partial charge in [0.25, 0.3) is 0 Å². The van der Waals surface area contributed by atoms with E-state index >= 15 is 0 Å². The molecular formula is C13H10BF3O3. The van der Waals surface area contributed by atoms with Gasteiger partial charge in [-0.2, -0.15) is 0 Å². The van der Waals surface area contributed by atoms with Crippen molar-refractivity contribution < 1.29 is 28.0 Å². The lowest BCUT2D eigenvalue weighted by molar-refractivity contribution is 0.274. The fourth-order valence-electron chi connectivity index (χ4n) is 1.66. The molecule has 0 aliphatic carbocycles. The average Bonchev–Trinajstić information content (AvgIpc) is 2.39. The third kappa shape index (κ3) is 3.12. The van der Waals surface area contributed by atoms with Crippen molar-refractivity contribution in [3.8, 4) is 5.75 Å². The SMILES string of the molecule is OB(O)c1cc(COc2c(F)cccc2F)ccc1F. The lowest BCUT2D eigenvalue weighted by Gasteiger charge is -2.10. The van der Waals surface area contributed by atoms with Gasteiger partial charge < -0.3 is 14.8 Å². The van der Waals surface area contributed by atoms with Crippen molar-refractivity contribution in [3.63, 3.8) is 0 Å². The normalized spacial score (nSPS) is 10.4. The first kappa shape index (κ1) is 14.4. The quantitative estimate of drug-likeness (QED) is 0.832. The second-order valence-corrected chi connectivity index (χ2v) is 4.07. The van der Waals surface area contributed by atoms with E-state index in [0.29, 0.717) is 5.56 Å². The van der Waals surface area contributed by atoms with E-state index in [-0.39, 0.29) is 12.1 Å². The Kier molecular flexibility index (Phi) is 4.31. The number of hydrogen-bond donors (Lipinski definition) is 2. The Bertz CT molecular complexity index is 600. The monoisotopic (exact) mass is 282 g/mol. The molecule has 0 aliphatic rings. The van der Waals surface area contributed by atoms with Gasteiger partial charge in [-0.3, -0.25) is 0 Å². The fraction of sp³-hybridized carbons (Fsp3) is 0.0769. The van der Waals surface area contributed by atoms with Gasteiger partial charge in [-0.15, -0.1) is 0 Å². The molecular weight excluding hydrogens is 272 g/mol. The summed E-state index contributed by atoms with van der Waals surface area (Å²) in [6.07, 6.45) is 0. The van der Waals surface area contributed by atoms with E-state index in [1.807, 2.05) is 0 Å². The molecule has 0 spiro atoms. The Morgan fingerprint density at radius 1 is 0.950 bits per heavy atom. The van der Waals surface area contributed by atoms with Crippen molar-refractivity contribution in [2.75, 3.05) is 0 Å². The predicted molar refractivity (Wildman–Crippen MR) is 66.9 cm³/mol. The summed E-state index contributed by atoms with van der Waals surface area (Å²) in [7, 11) is -1.97. The van der Waals surface area contributed by atoms with Crippen LogP contribution in [0.4, 0.5) is 13.2 Å². The molecule has 7 heteroatoms. The summed E-state index contributed by atoms with van der Waals surface area (Å²) >= 11 is 0. The molecule has 0 saturated heterocycles. The van der Waals surface area contributed by atoms with E-state index in [0.717, 1.165) is 24.3 Å². The minimum absolute atomic E-state index is 0.238. The standard InChI is InChI=1S/C13H10BF3O3/c15-10-5-4-8(6-9(10)14(18)19)7-20-13-11(16)2-1-3-12(13)17/h1-6,18-19H,7H2. The highest BCUT2D eigenvalue weighted by Crippen LogP contribution is 2.21. The van der Waals surface area contributed by atoms with Crippen LogP contribution >= 0.6 is 0 Å². The van der Waals surface area contributed by atoms with Crippen molar-refractivity contribution in [3.05, 3.63) is 59.4 Å². The summed E-state index contributed by atoms with van der Waals surface area (Å²) in [5.74, 6) is -3.03. The van der Waals surface area contributed by atoms with Gasteiger partial charge in [0.2, 0.25) is 0 Å². The van der Waals surface area contributed by atoms with E-state index in [4.69, 9.17) is 14.8 Å². The molecule has 0 atom stereocenters. The molecule has 0 radical (unpaired) electrons. The molecule has 0 heterocycles. The van der Waals surface area contributed by atoms with Crippen molar-refractivity contribution in [1.29, 1.82) is 0 Å². The van der Waals surface area contributed by atoms with E-state index in [1.165, 1.54) is 12.1 Å². The van der Waals surface area contributed by atoms with Crippen LogP contribution in [0.3, 0.4) is 0 Å². The molecule has 0 aliphatic heterocycles. The largest absolute Gasteiger partial charge is 0.491 e. The Morgan fingerprint density at radius 3 is 2.20 bits per heavy atom. The zero-order valence-electron chi connectivity index (χ0n) is 10.2. The van der Waals surface area contributed by atoms with Crippen LogP contribution in [-0.4, -0.2) is 17.2 Å². The first-order valence-electron chi connectivity index (χ1n) is 5.70. The van der Waals surface area contributed by atoms with E-state index in [1.54, 1.807) is 0 Å². The third-order valence-electron chi connectivity index (χ3n) is 2.64. The molecule has 2 aromatic carbocycles. The van der Waals surface area contributed by atoms with Crippen LogP contribution in [0.2, 0.25) is 0 Å². The summed E-state index contributed by atoms with van der Waals surface area (Å²) in [6, 6.07) is 6.79. The van der Waals surface area contributed by atoms with Gasteiger partial charge in [0.1, 0.15) is 12.4 Å². The van der Waals surface area contributed by atoms with E-state index in [9.17, 15) is 13.2 Å². The number of para-hydroxylation sites is 1. The van der Waals surface area contributed by atoms with Crippen LogP contribution in [0.1, 0.15) is 5.56 Å². The van der Waals surface area contributed by atoms with Crippen molar-refractivity contribution in [2.45, 2.75) is 6.61 Å². The molecule has 20 heavy (non-hydrogen) atoms. The number of rotatable bonds is 4. The maximum atomic E-state index is 13.3. The molecule has 2 N–H and O–H groups in total.